The Morgan fingerprint density at radius 3 is 2.23 bits per heavy atom. The van der Waals surface area contributed by atoms with Crippen molar-refractivity contribution in [1.82, 2.24) is 4.90 Å². The molecular formula is C23H35NO2. The third-order valence-electron chi connectivity index (χ3n) is 6.10. The fraction of sp³-hybridized carbons (Fsp3) is 0.696. The van der Waals surface area contributed by atoms with Crippen molar-refractivity contribution in [3.8, 4) is 0 Å². The van der Waals surface area contributed by atoms with E-state index >= 15 is 0 Å². The van der Waals surface area contributed by atoms with E-state index < -0.39 is 0 Å². The van der Waals surface area contributed by atoms with Gasteiger partial charge in [-0.25, -0.2) is 0 Å². The zero-order chi connectivity index (χ0) is 18.4. The van der Waals surface area contributed by atoms with Crippen molar-refractivity contribution in [3.05, 3.63) is 35.4 Å². The molecule has 0 amide bonds. The summed E-state index contributed by atoms with van der Waals surface area (Å²) in [6, 6.07) is 9.09. The molecular weight excluding hydrogens is 322 g/mol. The van der Waals surface area contributed by atoms with Crippen molar-refractivity contribution in [1.29, 1.82) is 0 Å². The predicted molar refractivity (Wildman–Crippen MR) is 106 cm³/mol. The van der Waals surface area contributed by atoms with Crippen LogP contribution in [0, 0.1) is 5.92 Å². The molecule has 2 saturated carbocycles. The first kappa shape index (κ1) is 19.4. The summed E-state index contributed by atoms with van der Waals surface area (Å²) in [5.74, 6) is 1.25. The van der Waals surface area contributed by atoms with Crippen LogP contribution in [0.5, 0.6) is 0 Å². The van der Waals surface area contributed by atoms with Gasteiger partial charge in [-0.3, -0.25) is 4.79 Å². The van der Waals surface area contributed by atoms with Gasteiger partial charge in [0.1, 0.15) is 6.10 Å². The monoisotopic (exact) mass is 357 g/mol. The Labute approximate surface area is 159 Å². The Balaban J connectivity index is 1.41. The normalized spacial score (nSPS) is 24.6. The number of hydrogen-bond acceptors (Lipinski definition) is 3. The molecule has 2 aliphatic rings. The van der Waals surface area contributed by atoms with Crippen LogP contribution in [0.25, 0.3) is 0 Å². The average Bonchev–Trinajstić information content (AvgIpc) is 2.63. The van der Waals surface area contributed by atoms with Crippen molar-refractivity contribution in [2.24, 2.45) is 5.92 Å². The molecule has 0 atom stereocenters. The van der Waals surface area contributed by atoms with Crippen molar-refractivity contribution < 1.29 is 9.53 Å². The number of carbonyl (C=O) groups is 1. The highest BCUT2D eigenvalue weighted by molar-refractivity contribution is 5.69. The van der Waals surface area contributed by atoms with Crippen LogP contribution in [-0.4, -0.2) is 31.1 Å². The van der Waals surface area contributed by atoms with Gasteiger partial charge in [0, 0.05) is 13.0 Å². The Hall–Kier alpha value is -1.35. The number of rotatable bonds is 6. The van der Waals surface area contributed by atoms with E-state index in [0.717, 1.165) is 32.2 Å². The van der Waals surface area contributed by atoms with Gasteiger partial charge in [-0.05, 0) is 75.6 Å². The van der Waals surface area contributed by atoms with E-state index in [4.69, 9.17) is 4.74 Å². The average molecular weight is 358 g/mol. The molecule has 0 radical (unpaired) electrons. The van der Waals surface area contributed by atoms with E-state index in [1.165, 1.54) is 43.2 Å². The van der Waals surface area contributed by atoms with Crippen molar-refractivity contribution >= 4 is 5.97 Å². The molecule has 2 fully saturated rings. The summed E-state index contributed by atoms with van der Waals surface area (Å²) in [4.78, 5) is 14.4. The largest absolute Gasteiger partial charge is 0.462 e. The Morgan fingerprint density at radius 2 is 1.62 bits per heavy atom. The zero-order valence-corrected chi connectivity index (χ0v) is 16.6. The molecule has 0 spiro atoms. The van der Waals surface area contributed by atoms with Crippen LogP contribution >= 0.6 is 0 Å². The minimum Gasteiger partial charge on any atom is -0.462 e. The number of carbonyl (C=O) groups excluding carboxylic acids is 1. The van der Waals surface area contributed by atoms with Crippen molar-refractivity contribution in [3.63, 3.8) is 0 Å². The van der Waals surface area contributed by atoms with Gasteiger partial charge in [-0.2, -0.15) is 0 Å². The standard InChI is InChI=1S/C23H35NO2/c1-24(2)17-19-8-10-20(11-9-19)21-12-14-22(15-13-21)26-23(25)16-18-6-4-3-5-7-18/h8-11,18,21-22H,3-7,12-17H2,1-2H3/t21-,22-. The Kier molecular flexibility index (Phi) is 7.13. The molecule has 26 heavy (non-hydrogen) atoms. The number of nitrogens with zero attached hydrogens (tertiary/aromatic N) is 1. The highest BCUT2D eigenvalue weighted by atomic mass is 16.5. The molecule has 0 aliphatic heterocycles. The van der Waals surface area contributed by atoms with Crippen LogP contribution in [0.4, 0.5) is 0 Å². The van der Waals surface area contributed by atoms with Crippen LogP contribution in [0.15, 0.2) is 24.3 Å². The molecule has 0 aromatic heterocycles. The molecule has 144 valence electrons. The lowest BCUT2D eigenvalue weighted by molar-refractivity contribution is -0.152. The SMILES string of the molecule is CN(C)Cc1ccc([C@H]2CC[C@H](OC(=O)CC3CCCCC3)CC2)cc1. The lowest BCUT2D eigenvalue weighted by atomic mass is 9.82. The summed E-state index contributed by atoms with van der Waals surface area (Å²) < 4.78 is 5.80. The maximum Gasteiger partial charge on any atom is 0.306 e. The van der Waals surface area contributed by atoms with Gasteiger partial charge in [0.25, 0.3) is 0 Å². The lowest BCUT2D eigenvalue weighted by Gasteiger charge is -2.29. The summed E-state index contributed by atoms with van der Waals surface area (Å²) in [6.45, 7) is 0.990. The number of benzene rings is 1. The number of ether oxygens (including phenoxy) is 1. The molecule has 0 bridgehead atoms. The first-order valence-electron chi connectivity index (χ1n) is 10.5. The Morgan fingerprint density at radius 1 is 0.962 bits per heavy atom. The molecule has 0 heterocycles. The molecule has 0 unspecified atom stereocenters. The molecule has 0 N–H and O–H groups in total. The number of hydrogen-bond donors (Lipinski definition) is 0. The smallest absolute Gasteiger partial charge is 0.306 e. The van der Waals surface area contributed by atoms with Crippen LogP contribution in [0.1, 0.15) is 81.3 Å². The van der Waals surface area contributed by atoms with Crippen molar-refractivity contribution in [2.75, 3.05) is 14.1 Å². The second kappa shape index (κ2) is 9.55. The molecule has 3 rings (SSSR count). The third kappa shape index (κ3) is 5.84. The van der Waals surface area contributed by atoms with E-state index in [1.807, 2.05) is 0 Å². The summed E-state index contributed by atoms with van der Waals surface area (Å²) in [6.07, 6.45) is 11.4. The van der Waals surface area contributed by atoms with Gasteiger partial charge in [-0.15, -0.1) is 0 Å². The minimum absolute atomic E-state index is 0.0494. The summed E-state index contributed by atoms with van der Waals surface area (Å²) in [5, 5.41) is 0. The van der Waals surface area contributed by atoms with Gasteiger partial charge < -0.3 is 9.64 Å². The fourth-order valence-electron chi connectivity index (χ4n) is 4.64. The zero-order valence-electron chi connectivity index (χ0n) is 16.6. The van der Waals surface area contributed by atoms with E-state index in [-0.39, 0.29) is 12.1 Å². The fourth-order valence-corrected chi connectivity index (χ4v) is 4.64. The quantitative estimate of drug-likeness (QED) is 0.648. The molecule has 3 heteroatoms. The summed E-state index contributed by atoms with van der Waals surface area (Å²) in [7, 11) is 4.20. The van der Waals surface area contributed by atoms with Gasteiger partial charge in [0.15, 0.2) is 0 Å². The van der Waals surface area contributed by atoms with Gasteiger partial charge in [0.05, 0.1) is 0 Å². The highest BCUT2D eigenvalue weighted by Gasteiger charge is 2.26. The molecule has 1 aromatic carbocycles. The highest BCUT2D eigenvalue weighted by Crippen LogP contribution is 2.35. The third-order valence-corrected chi connectivity index (χ3v) is 6.10. The second-order valence-electron chi connectivity index (χ2n) is 8.65. The van der Waals surface area contributed by atoms with Crippen LogP contribution in [0.3, 0.4) is 0 Å². The predicted octanol–water partition coefficient (Wildman–Crippen LogP) is 5.29. The molecule has 3 nitrogen and oxygen atoms in total. The second-order valence-corrected chi connectivity index (χ2v) is 8.65. The molecule has 1 aromatic rings. The maximum absolute atomic E-state index is 12.2. The lowest BCUT2D eigenvalue weighted by Crippen LogP contribution is -2.25. The van der Waals surface area contributed by atoms with Crippen LogP contribution in [-0.2, 0) is 16.1 Å². The van der Waals surface area contributed by atoms with Crippen LogP contribution in [0.2, 0.25) is 0 Å². The van der Waals surface area contributed by atoms with E-state index in [9.17, 15) is 4.79 Å². The molecule has 2 aliphatic carbocycles. The summed E-state index contributed by atoms with van der Waals surface area (Å²) >= 11 is 0. The first-order valence-corrected chi connectivity index (χ1v) is 10.5. The van der Waals surface area contributed by atoms with Gasteiger partial charge in [-0.1, -0.05) is 43.5 Å². The topological polar surface area (TPSA) is 29.5 Å². The summed E-state index contributed by atoms with van der Waals surface area (Å²) in [5.41, 5.74) is 2.81. The molecule has 0 saturated heterocycles. The number of esters is 1. The van der Waals surface area contributed by atoms with E-state index in [0.29, 0.717) is 18.3 Å². The van der Waals surface area contributed by atoms with Gasteiger partial charge >= 0.3 is 5.97 Å². The first-order chi connectivity index (χ1) is 12.6. The maximum atomic E-state index is 12.2. The van der Waals surface area contributed by atoms with Crippen molar-refractivity contribution in [2.45, 2.75) is 82.8 Å². The van der Waals surface area contributed by atoms with Gasteiger partial charge in [0.2, 0.25) is 0 Å². The van der Waals surface area contributed by atoms with E-state index in [2.05, 4.69) is 43.3 Å². The van der Waals surface area contributed by atoms with Crippen LogP contribution < -0.4 is 0 Å². The minimum atomic E-state index is 0.0494. The van der Waals surface area contributed by atoms with E-state index in [1.54, 1.807) is 0 Å². The Bertz CT molecular complexity index is 552.